The second-order valence-corrected chi connectivity index (χ2v) is 8.27. The van der Waals surface area contributed by atoms with Crippen LogP contribution >= 0.6 is 15.9 Å². The summed E-state index contributed by atoms with van der Waals surface area (Å²) in [6, 6.07) is 9.34. The average Bonchev–Trinajstić information content (AvgIpc) is 2.69. The minimum absolute atomic E-state index is 0.110. The highest BCUT2D eigenvalue weighted by Crippen LogP contribution is 2.25. The van der Waals surface area contributed by atoms with Crippen LogP contribution in [0.4, 0.5) is 14.9 Å². The van der Waals surface area contributed by atoms with E-state index >= 15 is 0 Å². The van der Waals surface area contributed by atoms with Gasteiger partial charge in [0.25, 0.3) is 0 Å². The Balaban J connectivity index is 0.00000233. The van der Waals surface area contributed by atoms with Crippen molar-refractivity contribution in [3.63, 3.8) is 0 Å². The van der Waals surface area contributed by atoms with E-state index in [4.69, 9.17) is 4.74 Å². The lowest BCUT2D eigenvalue weighted by atomic mass is 10.0. The Morgan fingerprint density at radius 2 is 1.65 bits per heavy atom. The van der Waals surface area contributed by atoms with Crippen LogP contribution in [-0.4, -0.2) is 29.4 Å². The number of carbonyl (C=O) groups excluding carboxylic acids is 3. The molecule has 8 heteroatoms. The van der Waals surface area contributed by atoms with Gasteiger partial charge in [0.15, 0.2) is 5.78 Å². The van der Waals surface area contributed by atoms with Crippen LogP contribution in [0, 0.1) is 5.82 Å². The Kier molecular flexibility index (Phi) is 9.84. The summed E-state index contributed by atoms with van der Waals surface area (Å²) >= 11 is 3.28. The van der Waals surface area contributed by atoms with Crippen molar-refractivity contribution in [2.24, 2.45) is 0 Å². The molecule has 0 saturated heterocycles. The van der Waals surface area contributed by atoms with Gasteiger partial charge in [-0.3, -0.25) is 9.59 Å². The predicted octanol–water partition coefficient (Wildman–Crippen LogP) is 5.70. The minimum Gasteiger partial charge on any atom is -0.444 e. The highest BCUT2D eigenvalue weighted by molar-refractivity contribution is 9.10. The van der Waals surface area contributed by atoms with Gasteiger partial charge in [-0.2, -0.15) is 0 Å². The third-order valence-corrected chi connectivity index (χ3v) is 4.22. The summed E-state index contributed by atoms with van der Waals surface area (Å²) in [5.41, 5.74) is -0.502. The molecule has 6 nitrogen and oxygen atoms in total. The summed E-state index contributed by atoms with van der Waals surface area (Å²) in [7, 11) is 0. The summed E-state index contributed by atoms with van der Waals surface area (Å²) < 4.78 is 19.8. The standard InChI is InChI=1S/C21H22BrFN2O4.C2H6/c1-12(24-20(28)29-21(2,3)4)19(27)25-17-10-9-13(22)11-15(17)18(26)14-7-5-6-8-16(14)23;1-2/h5-12H,1-4H3,(H,24,28)(H,25,27);1-2H3. The lowest BCUT2D eigenvalue weighted by molar-refractivity contribution is -0.117. The summed E-state index contributed by atoms with van der Waals surface area (Å²) in [5.74, 6) is -1.79. The van der Waals surface area contributed by atoms with Crippen molar-refractivity contribution in [3.05, 3.63) is 63.9 Å². The van der Waals surface area contributed by atoms with Crippen molar-refractivity contribution in [2.45, 2.75) is 53.2 Å². The number of amides is 2. The lowest BCUT2D eigenvalue weighted by Crippen LogP contribution is -2.44. The lowest BCUT2D eigenvalue weighted by Gasteiger charge is -2.22. The fourth-order valence-corrected chi connectivity index (χ4v) is 2.76. The molecule has 0 fully saturated rings. The molecule has 2 amide bonds. The van der Waals surface area contributed by atoms with Crippen LogP contribution in [0.2, 0.25) is 0 Å². The Morgan fingerprint density at radius 1 is 1.03 bits per heavy atom. The molecule has 1 atom stereocenters. The SMILES string of the molecule is CC.CC(NC(=O)OC(C)(C)C)C(=O)Nc1ccc(Br)cc1C(=O)c1ccccc1F. The van der Waals surface area contributed by atoms with E-state index in [0.717, 1.165) is 0 Å². The number of ketones is 1. The first-order valence-electron chi connectivity index (χ1n) is 9.87. The van der Waals surface area contributed by atoms with Crippen LogP contribution < -0.4 is 10.6 Å². The van der Waals surface area contributed by atoms with Crippen LogP contribution in [0.5, 0.6) is 0 Å². The zero-order chi connectivity index (χ0) is 23.8. The topological polar surface area (TPSA) is 84.5 Å². The summed E-state index contributed by atoms with van der Waals surface area (Å²) in [5, 5.41) is 5.03. The minimum atomic E-state index is -0.926. The molecule has 0 spiro atoms. The quantitative estimate of drug-likeness (QED) is 0.522. The molecule has 2 rings (SSSR count). The van der Waals surface area contributed by atoms with Crippen molar-refractivity contribution in [1.82, 2.24) is 5.32 Å². The first-order chi connectivity index (χ1) is 14.5. The van der Waals surface area contributed by atoms with Crippen molar-refractivity contribution >= 4 is 39.4 Å². The monoisotopic (exact) mass is 494 g/mol. The highest BCUT2D eigenvalue weighted by atomic mass is 79.9. The van der Waals surface area contributed by atoms with E-state index in [0.29, 0.717) is 4.47 Å². The molecular weight excluding hydrogens is 467 g/mol. The third-order valence-electron chi connectivity index (χ3n) is 3.73. The van der Waals surface area contributed by atoms with Crippen molar-refractivity contribution in [2.75, 3.05) is 5.32 Å². The number of anilines is 1. The number of nitrogens with one attached hydrogen (secondary N) is 2. The second kappa shape index (κ2) is 11.6. The van der Waals surface area contributed by atoms with E-state index in [1.807, 2.05) is 13.8 Å². The van der Waals surface area contributed by atoms with Crippen molar-refractivity contribution in [1.29, 1.82) is 0 Å². The maximum absolute atomic E-state index is 14.0. The molecular formula is C23H28BrFN2O4. The number of halogens is 2. The number of rotatable bonds is 5. The first-order valence-corrected chi connectivity index (χ1v) is 10.7. The summed E-state index contributed by atoms with van der Waals surface area (Å²) in [4.78, 5) is 37.2. The van der Waals surface area contributed by atoms with Gasteiger partial charge in [0, 0.05) is 10.0 Å². The van der Waals surface area contributed by atoms with Crippen LogP contribution in [0.15, 0.2) is 46.9 Å². The number of hydrogen-bond acceptors (Lipinski definition) is 4. The van der Waals surface area contributed by atoms with Crippen LogP contribution in [0.3, 0.4) is 0 Å². The molecule has 0 saturated carbocycles. The van der Waals surface area contributed by atoms with Crippen molar-refractivity contribution < 1.29 is 23.5 Å². The molecule has 2 aromatic carbocycles. The summed E-state index contributed by atoms with van der Waals surface area (Å²) in [6.07, 6.45) is -0.737. The van der Waals surface area contributed by atoms with E-state index in [9.17, 15) is 18.8 Å². The van der Waals surface area contributed by atoms with Gasteiger partial charge in [0.1, 0.15) is 17.5 Å². The molecule has 2 N–H and O–H groups in total. The maximum Gasteiger partial charge on any atom is 0.408 e. The van der Waals surface area contributed by atoms with E-state index in [-0.39, 0.29) is 16.8 Å². The second-order valence-electron chi connectivity index (χ2n) is 7.36. The van der Waals surface area contributed by atoms with Gasteiger partial charge in [-0.05, 0) is 58.0 Å². The zero-order valence-electron chi connectivity index (χ0n) is 18.5. The number of alkyl carbamates (subject to hydrolysis) is 1. The van der Waals surface area contributed by atoms with E-state index < -0.39 is 35.2 Å². The molecule has 0 bridgehead atoms. The predicted molar refractivity (Wildman–Crippen MR) is 123 cm³/mol. The molecule has 168 valence electrons. The molecule has 0 aromatic heterocycles. The van der Waals surface area contributed by atoms with Gasteiger partial charge in [-0.1, -0.05) is 41.9 Å². The fraction of sp³-hybridized carbons (Fsp3) is 0.348. The molecule has 0 aliphatic rings. The van der Waals surface area contributed by atoms with Gasteiger partial charge >= 0.3 is 6.09 Å². The Bertz CT molecular complexity index is 941. The smallest absolute Gasteiger partial charge is 0.408 e. The van der Waals surface area contributed by atoms with Crippen molar-refractivity contribution in [3.8, 4) is 0 Å². The number of carbonyl (C=O) groups is 3. The molecule has 1 unspecified atom stereocenters. The molecule has 0 aliphatic carbocycles. The van der Waals surface area contributed by atoms with Gasteiger partial charge in [0.2, 0.25) is 5.91 Å². The molecule has 0 heterocycles. The summed E-state index contributed by atoms with van der Waals surface area (Å²) in [6.45, 7) is 10.6. The average molecular weight is 495 g/mol. The van der Waals surface area contributed by atoms with E-state index in [1.165, 1.54) is 37.3 Å². The van der Waals surface area contributed by atoms with Gasteiger partial charge in [-0.25, -0.2) is 9.18 Å². The molecule has 0 aliphatic heterocycles. The molecule has 2 aromatic rings. The van der Waals surface area contributed by atoms with Crippen LogP contribution in [0.25, 0.3) is 0 Å². The fourth-order valence-electron chi connectivity index (χ4n) is 2.39. The Labute approximate surface area is 190 Å². The molecule has 0 radical (unpaired) electrons. The number of hydrogen-bond donors (Lipinski definition) is 2. The number of benzene rings is 2. The first kappa shape index (κ1) is 26.3. The number of ether oxygens (including phenoxy) is 1. The normalized spacial score (nSPS) is 11.5. The largest absolute Gasteiger partial charge is 0.444 e. The van der Waals surface area contributed by atoms with E-state index in [1.54, 1.807) is 32.9 Å². The Morgan fingerprint density at radius 3 is 2.23 bits per heavy atom. The van der Waals surface area contributed by atoms with Gasteiger partial charge in [0.05, 0.1) is 11.3 Å². The van der Waals surface area contributed by atoms with E-state index in [2.05, 4.69) is 26.6 Å². The zero-order valence-corrected chi connectivity index (χ0v) is 20.1. The van der Waals surface area contributed by atoms with Gasteiger partial charge in [-0.15, -0.1) is 0 Å². The van der Waals surface area contributed by atoms with Crippen LogP contribution in [0.1, 0.15) is 57.5 Å². The Hall–Kier alpha value is -2.74. The third kappa shape index (κ3) is 8.13. The van der Waals surface area contributed by atoms with Crippen LogP contribution in [-0.2, 0) is 9.53 Å². The highest BCUT2D eigenvalue weighted by Gasteiger charge is 2.23. The maximum atomic E-state index is 14.0. The molecule has 31 heavy (non-hydrogen) atoms. The van der Waals surface area contributed by atoms with Gasteiger partial charge < -0.3 is 15.4 Å².